The Hall–Kier alpha value is -1.93. The van der Waals surface area contributed by atoms with Crippen LogP contribution in [0.15, 0.2) is 29.4 Å². The molecule has 0 atom stereocenters. The highest BCUT2D eigenvalue weighted by Crippen LogP contribution is 2.24. The lowest BCUT2D eigenvalue weighted by atomic mass is 9.96. The third-order valence-electron chi connectivity index (χ3n) is 4.92. The van der Waals surface area contributed by atoms with E-state index in [1.54, 1.807) is 23.9 Å². The molecule has 3 rings (SSSR count). The fraction of sp³-hybridized carbons (Fsp3) is 0.500. The zero-order valence-electron chi connectivity index (χ0n) is 15.2. The molecule has 0 radical (unpaired) electrons. The number of halogens is 1. The summed E-state index contributed by atoms with van der Waals surface area (Å²) in [4.78, 5) is 13.5. The van der Waals surface area contributed by atoms with Crippen LogP contribution in [0.3, 0.4) is 0 Å². The van der Waals surface area contributed by atoms with Crippen molar-refractivity contribution in [3.05, 3.63) is 41.5 Å². The predicted octanol–water partition coefficient (Wildman–Crippen LogP) is 0.755. The molecule has 0 aliphatic carbocycles. The van der Waals surface area contributed by atoms with Gasteiger partial charge in [0.05, 0.1) is 13.1 Å². The van der Waals surface area contributed by atoms with Gasteiger partial charge in [0.25, 0.3) is 5.91 Å². The number of aromatic nitrogens is 3. The number of quaternary nitrogens is 1. The van der Waals surface area contributed by atoms with Gasteiger partial charge in [-0.25, -0.2) is 4.39 Å². The summed E-state index contributed by atoms with van der Waals surface area (Å²) in [6, 6.07) is 6.20. The smallest absolute Gasteiger partial charge is 0.275 e. The number of amides is 1. The van der Waals surface area contributed by atoms with Gasteiger partial charge in [-0.2, -0.15) is 0 Å². The molecule has 6 nitrogen and oxygen atoms in total. The second-order valence-corrected chi connectivity index (χ2v) is 7.48. The van der Waals surface area contributed by atoms with Crippen LogP contribution in [-0.4, -0.2) is 46.6 Å². The average Bonchev–Trinajstić information content (AvgIpc) is 3.02. The molecule has 1 saturated heterocycles. The van der Waals surface area contributed by atoms with E-state index in [-0.39, 0.29) is 11.7 Å². The Morgan fingerprint density at radius 2 is 2.00 bits per heavy atom. The maximum Gasteiger partial charge on any atom is 0.275 e. The van der Waals surface area contributed by atoms with Crippen LogP contribution < -0.4 is 10.2 Å². The fourth-order valence-corrected chi connectivity index (χ4v) is 3.90. The van der Waals surface area contributed by atoms with Crippen molar-refractivity contribution in [2.45, 2.75) is 30.5 Å². The van der Waals surface area contributed by atoms with Gasteiger partial charge in [0.2, 0.25) is 0 Å². The van der Waals surface area contributed by atoms with E-state index in [9.17, 15) is 9.18 Å². The zero-order valence-corrected chi connectivity index (χ0v) is 16.0. The van der Waals surface area contributed by atoms with Crippen LogP contribution in [0.1, 0.15) is 30.1 Å². The summed E-state index contributed by atoms with van der Waals surface area (Å²) in [6.07, 6.45) is 4.03. The van der Waals surface area contributed by atoms with E-state index < -0.39 is 0 Å². The van der Waals surface area contributed by atoms with Crippen molar-refractivity contribution >= 4 is 17.7 Å². The van der Waals surface area contributed by atoms with Crippen LogP contribution >= 0.6 is 11.8 Å². The number of benzene rings is 1. The second kappa shape index (κ2) is 8.64. The standard InChI is InChI=1S/C18H24FN5OS/c1-23-17(21-22-18(23)26-2)14-7-9-24(10-8-14)12-16(25)20-11-13-3-5-15(19)6-4-13/h3-6,14H,7-12H2,1-2H3,(H,20,25)/p+1. The summed E-state index contributed by atoms with van der Waals surface area (Å²) in [5.74, 6) is 1.24. The summed E-state index contributed by atoms with van der Waals surface area (Å²) >= 11 is 1.60. The lowest BCUT2D eigenvalue weighted by molar-refractivity contribution is -0.897. The normalized spacial score (nSPS) is 20.1. The molecule has 0 spiro atoms. The van der Waals surface area contributed by atoms with Crippen molar-refractivity contribution in [3.8, 4) is 0 Å². The summed E-state index contributed by atoms with van der Waals surface area (Å²) < 4.78 is 15.0. The molecule has 0 bridgehead atoms. The van der Waals surface area contributed by atoms with Crippen LogP contribution in [-0.2, 0) is 18.4 Å². The van der Waals surface area contributed by atoms with E-state index in [1.807, 2.05) is 13.3 Å². The molecule has 1 aliphatic rings. The molecular formula is C18H25FN5OS+. The lowest BCUT2D eigenvalue weighted by Gasteiger charge is -2.28. The van der Waals surface area contributed by atoms with Gasteiger partial charge in [0.15, 0.2) is 11.7 Å². The Bertz CT molecular complexity index is 741. The highest BCUT2D eigenvalue weighted by atomic mass is 32.2. The molecule has 1 amide bonds. The van der Waals surface area contributed by atoms with E-state index in [4.69, 9.17) is 0 Å². The molecule has 1 aliphatic heterocycles. The first kappa shape index (κ1) is 18.8. The van der Waals surface area contributed by atoms with Gasteiger partial charge in [-0.3, -0.25) is 4.79 Å². The molecule has 1 aromatic heterocycles. The van der Waals surface area contributed by atoms with Crippen molar-refractivity contribution < 1.29 is 14.1 Å². The molecule has 2 heterocycles. The van der Waals surface area contributed by atoms with Gasteiger partial charge in [-0.05, 0) is 24.0 Å². The maximum atomic E-state index is 12.9. The van der Waals surface area contributed by atoms with Crippen LogP contribution in [0.2, 0.25) is 0 Å². The summed E-state index contributed by atoms with van der Waals surface area (Å²) in [5.41, 5.74) is 0.903. The number of carbonyl (C=O) groups is 1. The van der Waals surface area contributed by atoms with E-state index in [2.05, 4.69) is 20.1 Å². The van der Waals surface area contributed by atoms with E-state index >= 15 is 0 Å². The molecule has 1 fully saturated rings. The van der Waals surface area contributed by atoms with Crippen molar-refractivity contribution in [2.24, 2.45) is 7.05 Å². The van der Waals surface area contributed by atoms with Gasteiger partial charge in [-0.15, -0.1) is 10.2 Å². The van der Waals surface area contributed by atoms with Crippen molar-refractivity contribution in [1.82, 2.24) is 20.1 Å². The molecule has 140 valence electrons. The molecule has 1 aromatic carbocycles. The first-order valence-corrected chi connectivity index (χ1v) is 10.1. The van der Waals surface area contributed by atoms with Crippen LogP contribution in [0.4, 0.5) is 4.39 Å². The summed E-state index contributed by atoms with van der Waals surface area (Å²) in [6.45, 7) is 2.82. The van der Waals surface area contributed by atoms with Crippen molar-refractivity contribution in [1.29, 1.82) is 0 Å². The minimum absolute atomic E-state index is 0.0334. The number of nitrogens with one attached hydrogen (secondary N) is 2. The fourth-order valence-electron chi connectivity index (χ4n) is 3.41. The maximum absolute atomic E-state index is 12.9. The number of nitrogens with zero attached hydrogens (tertiary/aromatic N) is 3. The minimum Gasteiger partial charge on any atom is -0.347 e. The Labute approximate surface area is 157 Å². The van der Waals surface area contributed by atoms with Gasteiger partial charge < -0.3 is 14.8 Å². The zero-order chi connectivity index (χ0) is 18.5. The van der Waals surface area contributed by atoms with Crippen molar-refractivity contribution in [3.63, 3.8) is 0 Å². The molecule has 0 unspecified atom stereocenters. The van der Waals surface area contributed by atoms with E-state index in [1.165, 1.54) is 17.0 Å². The quantitative estimate of drug-likeness (QED) is 0.729. The molecule has 26 heavy (non-hydrogen) atoms. The van der Waals surface area contributed by atoms with Crippen LogP contribution in [0.5, 0.6) is 0 Å². The number of piperidine rings is 1. The highest BCUT2D eigenvalue weighted by molar-refractivity contribution is 7.98. The molecule has 2 N–H and O–H groups in total. The third kappa shape index (κ3) is 4.62. The topological polar surface area (TPSA) is 64.2 Å². The monoisotopic (exact) mass is 378 g/mol. The molecule has 8 heteroatoms. The van der Waals surface area contributed by atoms with Gasteiger partial charge in [-0.1, -0.05) is 23.9 Å². The SMILES string of the molecule is CSc1nnc(C2CC[NH+](CC(=O)NCc3ccc(F)cc3)CC2)n1C. The molecule has 0 saturated carbocycles. The Morgan fingerprint density at radius 3 is 2.62 bits per heavy atom. The second-order valence-electron chi connectivity index (χ2n) is 6.71. The van der Waals surface area contributed by atoms with Gasteiger partial charge in [0.1, 0.15) is 11.6 Å². The Balaban J connectivity index is 1.44. The Kier molecular flexibility index (Phi) is 6.26. The van der Waals surface area contributed by atoms with Crippen LogP contribution in [0, 0.1) is 5.82 Å². The molecule has 2 aromatic rings. The van der Waals surface area contributed by atoms with Gasteiger partial charge >= 0.3 is 0 Å². The first-order chi connectivity index (χ1) is 12.6. The largest absolute Gasteiger partial charge is 0.347 e. The Morgan fingerprint density at radius 1 is 1.31 bits per heavy atom. The minimum atomic E-state index is -0.264. The number of hydrogen-bond acceptors (Lipinski definition) is 4. The van der Waals surface area contributed by atoms with E-state index in [0.29, 0.717) is 19.0 Å². The number of thioether (sulfide) groups is 1. The van der Waals surface area contributed by atoms with Crippen molar-refractivity contribution in [2.75, 3.05) is 25.9 Å². The summed E-state index contributed by atoms with van der Waals surface area (Å²) in [7, 11) is 2.02. The van der Waals surface area contributed by atoms with Crippen LogP contribution in [0.25, 0.3) is 0 Å². The predicted molar refractivity (Wildman–Crippen MR) is 98.6 cm³/mol. The first-order valence-electron chi connectivity index (χ1n) is 8.84. The number of likely N-dealkylation sites (tertiary alicyclic amines) is 1. The highest BCUT2D eigenvalue weighted by Gasteiger charge is 2.28. The number of rotatable bonds is 6. The number of hydrogen-bond donors (Lipinski definition) is 2. The van der Waals surface area contributed by atoms with E-state index in [0.717, 1.165) is 42.5 Å². The summed E-state index contributed by atoms with van der Waals surface area (Å²) in [5, 5.41) is 12.4. The van der Waals surface area contributed by atoms with Gasteiger partial charge in [0, 0.05) is 32.4 Å². The third-order valence-corrected chi connectivity index (χ3v) is 5.64. The number of carbonyl (C=O) groups excluding carboxylic acids is 1. The average molecular weight is 378 g/mol. The molecular weight excluding hydrogens is 353 g/mol. The lowest BCUT2D eigenvalue weighted by Crippen LogP contribution is -3.14.